The van der Waals surface area contributed by atoms with Crippen molar-refractivity contribution in [2.45, 2.75) is 13.5 Å². The Kier molecular flexibility index (Phi) is 4.52. The van der Waals surface area contributed by atoms with Gasteiger partial charge in [-0.25, -0.2) is 4.98 Å². The summed E-state index contributed by atoms with van der Waals surface area (Å²) in [5, 5.41) is 3.79. The third kappa shape index (κ3) is 3.05. The van der Waals surface area contributed by atoms with E-state index in [0.29, 0.717) is 4.88 Å². The predicted octanol–water partition coefficient (Wildman–Crippen LogP) is 3.12. The molecule has 0 amide bonds. The van der Waals surface area contributed by atoms with Crippen LogP contribution in [0.15, 0.2) is 24.3 Å². The van der Waals surface area contributed by atoms with Gasteiger partial charge in [-0.2, -0.15) is 0 Å². The average molecular weight is 289 g/mol. The number of ketones is 1. The van der Waals surface area contributed by atoms with Crippen molar-refractivity contribution in [3.05, 3.63) is 34.7 Å². The van der Waals surface area contributed by atoms with Crippen LogP contribution < -0.4 is 5.32 Å². The number of thiazole rings is 1. The lowest BCUT2D eigenvalue weighted by Gasteiger charge is -2.13. The molecule has 0 saturated heterocycles. The van der Waals surface area contributed by atoms with Gasteiger partial charge < -0.3 is 10.2 Å². The zero-order valence-corrected chi connectivity index (χ0v) is 13.0. The number of carbonyl (C=O) groups is 1. The summed E-state index contributed by atoms with van der Waals surface area (Å²) in [6, 6.07) is 8.11. The maximum absolute atomic E-state index is 11.8. The highest BCUT2D eigenvalue weighted by Crippen LogP contribution is 2.33. The summed E-state index contributed by atoms with van der Waals surface area (Å²) in [5.41, 5.74) is 2.99. The van der Waals surface area contributed by atoms with Crippen LogP contribution in [-0.2, 0) is 6.54 Å². The summed E-state index contributed by atoms with van der Waals surface area (Å²) >= 11 is 1.40. The van der Waals surface area contributed by atoms with Gasteiger partial charge in [0.25, 0.3) is 0 Å². The molecule has 0 unspecified atom stereocenters. The lowest BCUT2D eigenvalue weighted by atomic mass is 10.0. The third-order valence-corrected chi connectivity index (χ3v) is 4.09. The molecule has 0 aliphatic heterocycles. The van der Waals surface area contributed by atoms with E-state index < -0.39 is 0 Å². The van der Waals surface area contributed by atoms with Crippen LogP contribution in [0.25, 0.3) is 11.3 Å². The zero-order valence-electron chi connectivity index (χ0n) is 12.2. The Morgan fingerprint density at radius 1 is 1.35 bits per heavy atom. The maximum atomic E-state index is 11.8. The largest absolute Gasteiger partial charge is 0.365 e. The summed E-state index contributed by atoms with van der Waals surface area (Å²) in [5.74, 6) is 0.0543. The monoisotopic (exact) mass is 289 g/mol. The van der Waals surface area contributed by atoms with Crippen molar-refractivity contribution < 1.29 is 4.79 Å². The van der Waals surface area contributed by atoms with E-state index in [-0.39, 0.29) is 5.78 Å². The predicted molar refractivity (Wildman–Crippen MR) is 84.5 cm³/mol. The highest BCUT2D eigenvalue weighted by molar-refractivity contribution is 7.18. The van der Waals surface area contributed by atoms with E-state index in [0.717, 1.165) is 22.9 Å². The van der Waals surface area contributed by atoms with Gasteiger partial charge in [-0.3, -0.25) is 4.79 Å². The molecule has 106 valence electrons. The molecule has 1 aromatic carbocycles. The molecule has 20 heavy (non-hydrogen) atoms. The number of nitrogens with zero attached hydrogens (tertiary/aromatic N) is 2. The van der Waals surface area contributed by atoms with Gasteiger partial charge in [0, 0.05) is 26.1 Å². The van der Waals surface area contributed by atoms with Crippen molar-refractivity contribution in [1.29, 1.82) is 0 Å². The van der Waals surface area contributed by atoms with Crippen LogP contribution in [0.3, 0.4) is 0 Å². The molecule has 4 nitrogen and oxygen atoms in total. The number of anilines is 1. The first-order valence-electron chi connectivity index (χ1n) is 6.45. The van der Waals surface area contributed by atoms with E-state index >= 15 is 0 Å². The van der Waals surface area contributed by atoms with E-state index in [1.165, 1.54) is 16.9 Å². The topological polar surface area (TPSA) is 45.2 Å². The van der Waals surface area contributed by atoms with E-state index in [1.807, 2.05) is 39.3 Å². The van der Waals surface area contributed by atoms with Crippen LogP contribution in [0.4, 0.5) is 5.13 Å². The molecule has 1 heterocycles. The minimum Gasteiger partial charge on any atom is -0.365 e. The molecule has 0 aliphatic rings. The number of Topliss-reactive ketones (excluding diaryl/α,β-unsaturated/α-hetero) is 1. The fourth-order valence-electron chi connectivity index (χ4n) is 2.08. The standard InChI is InChI=1S/C15H19N3OS/c1-10(19)14-13(17-15(16-2)20-14)12-8-6-5-7-11(12)9-18(3)4/h5-8H,9H2,1-4H3,(H,16,17). The van der Waals surface area contributed by atoms with Gasteiger partial charge in [0.2, 0.25) is 0 Å². The maximum Gasteiger partial charge on any atom is 0.183 e. The Bertz CT molecular complexity index is 619. The number of carbonyl (C=O) groups excluding carboxylic acids is 1. The van der Waals surface area contributed by atoms with Gasteiger partial charge in [0.05, 0.1) is 10.6 Å². The fourth-order valence-corrected chi connectivity index (χ4v) is 2.91. The molecule has 0 atom stereocenters. The fraction of sp³-hybridized carbons (Fsp3) is 0.333. The Hall–Kier alpha value is -1.72. The van der Waals surface area contributed by atoms with Gasteiger partial charge in [0.1, 0.15) is 0 Å². The smallest absolute Gasteiger partial charge is 0.183 e. The molecule has 0 saturated carbocycles. The highest BCUT2D eigenvalue weighted by atomic mass is 32.1. The van der Waals surface area contributed by atoms with Crippen molar-refractivity contribution in [1.82, 2.24) is 9.88 Å². The molecule has 0 radical (unpaired) electrons. The van der Waals surface area contributed by atoms with E-state index in [1.54, 1.807) is 6.92 Å². The number of aromatic nitrogens is 1. The van der Waals surface area contributed by atoms with Gasteiger partial charge in [-0.05, 0) is 19.7 Å². The third-order valence-electron chi connectivity index (χ3n) is 2.92. The molecule has 1 aromatic heterocycles. The lowest BCUT2D eigenvalue weighted by molar-refractivity contribution is 0.102. The molecule has 1 N–H and O–H groups in total. The molecular formula is C15H19N3OS. The number of hydrogen-bond donors (Lipinski definition) is 1. The van der Waals surface area contributed by atoms with Gasteiger partial charge >= 0.3 is 0 Å². The van der Waals surface area contributed by atoms with Crippen molar-refractivity contribution in [3.8, 4) is 11.3 Å². The Morgan fingerprint density at radius 2 is 2.05 bits per heavy atom. The van der Waals surface area contributed by atoms with Gasteiger partial charge in [-0.15, -0.1) is 0 Å². The van der Waals surface area contributed by atoms with Crippen LogP contribution in [0, 0.1) is 0 Å². The molecule has 2 aromatic rings. The van der Waals surface area contributed by atoms with Crippen LogP contribution >= 0.6 is 11.3 Å². The van der Waals surface area contributed by atoms with Crippen LogP contribution in [0.1, 0.15) is 22.2 Å². The minimum atomic E-state index is 0.0543. The van der Waals surface area contributed by atoms with Crippen LogP contribution in [-0.4, -0.2) is 36.8 Å². The second kappa shape index (κ2) is 6.15. The SMILES string of the molecule is CNc1nc(-c2ccccc2CN(C)C)c(C(C)=O)s1. The second-order valence-corrected chi connectivity index (χ2v) is 5.90. The van der Waals surface area contributed by atoms with Crippen LogP contribution in [0.2, 0.25) is 0 Å². The molecule has 0 fully saturated rings. The van der Waals surface area contributed by atoms with Crippen molar-refractivity contribution in [3.63, 3.8) is 0 Å². The van der Waals surface area contributed by atoms with E-state index in [4.69, 9.17) is 0 Å². The number of hydrogen-bond acceptors (Lipinski definition) is 5. The molecule has 0 bridgehead atoms. The quantitative estimate of drug-likeness (QED) is 0.859. The van der Waals surface area contributed by atoms with E-state index in [9.17, 15) is 4.79 Å². The van der Waals surface area contributed by atoms with Crippen molar-refractivity contribution >= 4 is 22.3 Å². The zero-order chi connectivity index (χ0) is 14.7. The molecule has 5 heteroatoms. The summed E-state index contributed by atoms with van der Waals surface area (Å²) in [6.07, 6.45) is 0. The summed E-state index contributed by atoms with van der Waals surface area (Å²) in [7, 11) is 5.88. The highest BCUT2D eigenvalue weighted by Gasteiger charge is 2.18. The first kappa shape index (κ1) is 14.7. The number of benzene rings is 1. The average Bonchev–Trinajstić information content (AvgIpc) is 2.83. The molecule has 0 aliphatic carbocycles. The Morgan fingerprint density at radius 3 is 2.65 bits per heavy atom. The first-order valence-corrected chi connectivity index (χ1v) is 7.27. The Labute approximate surface area is 123 Å². The molecule has 2 rings (SSSR count). The van der Waals surface area contributed by atoms with Crippen LogP contribution in [0.5, 0.6) is 0 Å². The molecular weight excluding hydrogens is 270 g/mol. The van der Waals surface area contributed by atoms with Crippen molar-refractivity contribution in [2.24, 2.45) is 0 Å². The van der Waals surface area contributed by atoms with Gasteiger partial charge in [-0.1, -0.05) is 35.6 Å². The van der Waals surface area contributed by atoms with E-state index in [2.05, 4.69) is 21.3 Å². The molecule has 0 spiro atoms. The second-order valence-electron chi connectivity index (χ2n) is 4.90. The number of rotatable bonds is 5. The lowest BCUT2D eigenvalue weighted by Crippen LogP contribution is -2.11. The Balaban J connectivity index is 2.56. The van der Waals surface area contributed by atoms with Crippen molar-refractivity contribution in [2.75, 3.05) is 26.5 Å². The summed E-state index contributed by atoms with van der Waals surface area (Å²) in [6.45, 7) is 2.41. The summed E-state index contributed by atoms with van der Waals surface area (Å²) < 4.78 is 0. The number of nitrogens with one attached hydrogen (secondary N) is 1. The normalized spacial score (nSPS) is 10.8. The minimum absolute atomic E-state index is 0.0543. The van der Waals surface area contributed by atoms with Gasteiger partial charge in [0.15, 0.2) is 10.9 Å². The summed E-state index contributed by atoms with van der Waals surface area (Å²) in [4.78, 5) is 19.2. The first-order chi connectivity index (χ1) is 9.52.